The van der Waals surface area contributed by atoms with Crippen LogP contribution in [0.1, 0.15) is 53.4 Å². The number of nitrogens with zero attached hydrogens (tertiary/aromatic N) is 1. The standard InChI is InChI=1S/C15H27BrN2O3/c1-11(17-14(20)21-15(2,3)4)10-18(13(19)9-16)12-7-5-6-8-12/h11-12H,5-10H2,1-4H3,(H,17,20)/t11-/m0/s1. The summed E-state index contributed by atoms with van der Waals surface area (Å²) in [5.74, 6) is 0.0831. The molecule has 0 bridgehead atoms. The first-order valence-corrected chi connectivity index (χ1v) is 8.70. The molecule has 122 valence electrons. The summed E-state index contributed by atoms with van der Waals surface area (Å²) >= 11 is 3.24. The van der Waals surface area contributed by atoms with E-state index in [0.717, 1.165) is 12.8 Å². The highest BCUT2D eigenvalue weighted by atomic mass is 79.9. The molecular weight excluding hydrogens is 336 g/mol. The van der Waals surface area contributed by atoms with Gasteiger partial charge in [0.25, 0.3) is 0 Å². The van der Waals surface area contributed by atoms with E-state index in [1.54, 1.807) is 0 Å². The van der Waals surface area contributed by atoms with Crippen LogP contribution in [0.4, 0.5) is 4.79 Å². The fraction of sp³-hybridized carbons (Fsp3) is 0.867. The van der Waals surface area contributed by atoms with Crippen molar-refractivity contribution in [3.63, 3.8) is 0 Å². The molecule has 1 fully saturated rings. The Hall–Kier alpha value is -0.780. The molecular formula is C15H27BrN2O3. The summed E-state index contributed by atoms with van der Waals surface area (Å²) < 4.78 is 5.24. The maximum absolute atomic E-state index is 12.1. The van der Waals surface area contributed by atoms with Gasteiger partial charge in [0, 0.05) is 18.6 Å². The largest absolute Gasteiger partial charge is 0.444 e. The molecule has 0 aromatic heterocycles. The molecule has 21 heavy (non-hydrogen) atoms. The van der Waals surface area contributed by atoms with Gasteiger partial charge in [0.05, 0.1) is 5.33 Å². The minimum Gasteiger partial charge on any atom is -0.444 e. The van der Waals surface area contributed by atoms with E-state index in [0.29, 0.717) is 17.9 Å². The van der Waals surface area contributed by atoms with Crippen molar-refractivity contribution < 1.29 is 14.3 Å². The lowest BCUT2D eigenvalue weighted by Crippen LogP contribution is -2.49. The van der Waals surface area contributed by atoms with Gasteiger partial charge in [-0.05, 0) is 40.5 Å². The molecule has 6 heteroatoms. The third kappa shape index (κ3) is 6.68. The van der Waals surface area contributed by atoms with Crippen molar-refractivity contribution in [2.75, 3.05) is 11.9 Å². The monoisotopic (exact) mass is 362 g/mol. The van der Waals surface area contributed by atoms with Crippen molar-refractivity contribution in [1.82, 2.24) is 10.2 Å². The molecule has 0 aromatic carbocycles. The normalized spacial score (nSPS) is 17.4. The number of hydrogen-bond donors (Lipinski definition) is 1. The quantitative estimate of drug-likeness (QED) is 0.764. The Morgan fingerprint density at radius 1 is 1.33 bits per heavy atom. The molecule has 1 aliphatic rings. The molecule has 1 atom stereocenters. The third-order valence-corrected chi connectivity index (χ3v) is 3.91. The van der Waals surface area contributed by atoms with Gasteiger partial charge in [-0.2, -0.15) is 0 Å². The van der Waals surface area contributed by atoms with Crippen molar-refractivity contribution in [2.24, 2.45) is 0 Å². The van der Waals surface area contributed by atoms with Gasteiger partial charge in [0.1, 0.15) is 5.60 Å². The van der Waals surface area contributed by atoms with Gasteiger partial charge in [0.15, 0.2) is 0 Å². The Morgan fingerprint density at radius 2 is 1.90 bits per heavy atom. The van der Waals surface area contributed by atoms with Gasteiger partial charge >= 0.3 is 6.09 Å². The van der Waals surface area contributed by atoms with Crippen LogP contribution in [0.5, 0.6) is 0 Å². The second kappa shape index (κ2) is 8.01. The zero-order valence-corrected chi connectivity index (χ0v) is 15.0. The van der Waals surface area contributed by atoms with Crippen molar-refractivity contribution in [3.8, 4) is 0 Å². The fourth-order valence-electron chi connectivity index (χ4n) is 2.60. The predicted molar refractivity (Wildman–Crippen MR) is 86.6 cm³/mol. The van der Waals surface area contributed by atoms with E-state index < -0.39 is 11.7 Å². The van der Waals surface area contributed by atoms with E-state index in [-0.39, 0.29) is 11.9 Å². The molecule has 1 saturated carbocycles. The van der Waals surface area contributed by atoms with E-state index in [9.17, 15) is 9.59 Å². The van der Waals surface area contributed by atoms with Gasteiger partial charge < -0.3 is 15.0 Å². The maximum Gasteiger partial charge on any atom is 0.407 e. The van der Waals surface area contributed by atoms with Gasteiger partial charge in [0.2, 0.25) is 5.91 Å². The minimum atomic E-state index is -0.513. The lowest BCUT2D eigenvalue weighted by atomic mass is 10.2. The number of halogens is 1. The number of carbonyl (C=O) groups is 2. The van der Waals surface area contributed by atoms with Gasteiger partial charge in [-0.15, -0.1) is 0 Å². The maximum atomic E-state index is 12.1. The van der Waals surface area contributed by atoms with Crippen LogP contribution in [0.3, 0.4) is 0 Å². The lowest BCUT2D eigenvalue weighted by molar-refractivity contribution is -0.130. The van der Waals surface area contributed by atoms with Crippen LogP contribution >= 0.6 is 15.9 Å². The number of ether oxygens (including phenoxy) is 1. The van der Waals surface area contributed by atoms with Crippen LogP contribution in [0.25, 0.3) is 0 Å². The van der Waals surface area contributed by atoms with Crippen molar-refractivity contribution in [3.05, 3.63) is 0 Å². The zero-order chi connectivity index (χ0) is 16.0. The van der Waals surface area contributed by atoms with Crippen molar-refractivity contribution in [1.29, 1.82) is 0 Å². The average Bonchev–Trinajstić information content (AvgIpc) is 2.86. The predicted octanol–water partition coefficient (Wildman–Crippen LogP) is 3.07. The summed E-state index contributed by atoms with van der Waals surface area (Å²) in [6.45, 7) is 7.91. The van der Waals surface area contributed by atoms with Crippen LogP contribution in [0.2, 0.25) is 0 Å². The highest BCUT2D eigenvalue weighted by Gasteiger charge is 2.28. The third-order valence-electron chi connectivity index (χ3n) is 3.43. The van der Waals surface area contributed by atoms with E-state index in [2.05, 4.69) is 21.2 Å². The molecule has 5 nitrogen and oxygen atoms in total. The highest BCUT2D eigenvalue weighted by Crippen LogP contribution is 2.24. The Kier molecular flexibility index (Phi) is 6.97. The summed E-state index contributed by atoms with van der Waals surface area (Å²) in [6.07, 6.45) is 4.01. The molecule has 1 N–H and O–H groups in total. The molecule has 0 spiro atoms. The number of alkyl carbamates (subject to hydrolysis) is 1. The fourth-order valence-corrected chi connectivity index (χ4v) is 2.92. The summed E-state index contributed by atoms with van der Waals surface area (Å²) in [6, 6.07) is 0.168. The summed E-state index contributed by atoms with van der Waals surface area (Å²) in [5, 5.41) is 3.12. The Morgan fingerprint density at radius 3 is 2.38 bits per heavy atom. The van der Waals surface area contributed by atoms with Crippen LogP contribution in [-0.4, -0.2) is 46.5 Å². The number of nitrogens with one attached hydrogen (secondary N) is 1. The first-order chi connectivity index (χ1) is 9.73. The number of alkyl halides is 1. The molecule has 0 unspecified atom stereocenters. The summed E-state index contributed by atoms with van der Waals surface area (Å²) in [7, 11) is 0. The first-order valence-electron chi connectivity index (χ1n) is 7.58. The molecule has 1 rings (SSSR count). The van der Waals surface area contributed by atoms with Crippen LogP contribution in [-0.2, 0) is 9.53 Å². The van der Waals surface area contributed by atoms with Crippen LogP contribution in [0.15, 0.2) is 0 Å². The van der Waals surface area contributed by atoms with Crippen LogP contribution in [0, 0.1) is 0 Å². The number of hydrogen-bond acceptors (Lipinski definition) is 3. The summed E-state index contributed by atoms with van der Waals surface area (Å²) in [4.78, 5) is 25.7. The average molecular weight is 363 g/mol. The SMILES string of the molecule is C[C@@H](CN(C(=O)CBr)C1CCCC1)NC(=O)OC(C)(C)C. The van der Waals surface area contributed by atoms with Crippen molar-refractivity contribution in [2.45, 2.75) is 71.1 Å². The Labute approximate surface area is 135 Å². The highest BCUT2D eigenvalue weighted by molar-refractivity contribution is 9.09. The minimum absolute atomic E-state index is 0.0831. The number of rotatable bonds is 5. The Balaban J connectivity index is 2.53. The second-order valence-electron chi connectivity index (χ2n) is 6.67. The zero-order valence-electron chi connectivity index (χ0n) is 13.4. The smallest absolute Gasteiger partial charge is 0.407 e. The van der Waals surface area contributed by atoms with E-state index in [1.807, 2.05) is 32.6 Å². The second-order valence-corrected chi connectivity index (χ2v) is 7.23. The van der Waals surface area contributed by atoms with E-state index in [1.165, 1.54) is 12.8 Å². The molecule has 0 heterocycles. The lowest BCUT2D eigenvalue weighted by Gasteiger charge is -2.31. The Bertz CT molecular complexity index is 362. The van der Waals surface area contributed by atoms with Gasteiger partial charge in [-0.25, -0.2) is 4.79 Å². The molecule has 0 aromatic rings. The number of carbonyl (C=O) groups excluding carboxylic acids is 2. The summed E-state index contributed by atoms with van der Waals surface area (Å²) in [5.41, 5.74) is -0.513. The van der Waals surface area contributed by atoms with Gasteiger partial charge in [-0.3, -0.25) is 4.79 Å². The number of amides is 2. The first kappa shape index (κ1) is 18.3. The van der Waals surface area contributed by atoms with Gasteiger partial charge in [-0.1, -0.05) is 28.8 Å². The van der Waals surface area contributed by atoms with E-state index in [4.69, 9.17) is 4.74 Å². The molecule has 1 aliphatic carbocycles. The molecule has 2 amide bonds. The molecule has 0 aliphatic heterocycles. The molecule has 0 saturated heterocycles. The molecule has 0 radical (unpaired) electrons. The topological polar surface area (TPSA) is 58.6 Å². The van der Waals surface area contributed by atoms with E-state index >= 15 is 0 Å². The van der Waals surface area contributed by atoms with Crippen LogP contribution < -0.4 is 5.32 Å². The van der Waals surface area contributed by atoms with Crippen molar-refractivity contribution >= 4 is 27.9 Å².